The maximum absolute atomic E-state index is 2.36. The number of anilines is 3. The Balaban J connectivity index is 1.10. The molecule has 0 bridgehead atoms. The summed E-state index contributed by atoms with van der Waals surface area (Å²) in [6.45, 7) is 0. The summed E-state index contributed by atoms with van der Waals surface area (Å²) in [5, 5.41) is 10.2. The van der Waals surface area contributed by atoms with Crippen LogP contribution in [0.4, 0.5) is 17.1 Å². The van der Waals surface area contributed by atoms with E-state index in [9.17, 15) is 0 Å². The molecule has 0 aromatic heterocycles. The average Bonchev–Trinajstić information content (AvgIpc) is 3.15. The quantitative estimate of drug-likeness (QED) is 0.178. The predicted octanol–water partition coefficient (Wildman–Crippen LogP) is 13.1. The van der Waals surface area contributed by atoms with Crippen molar-refractivity contribution >= 4 is 60.2 Å². The van der Waals surface area contributed by atoms with E-state index in [1.54, 1.807) is 0 Å². The van der Waals surface area contributed by atoms with E-state index in [2.05, 4.69) is 193 Å². The molecule has 0 saturated heterocycles. The van der Waals surface area contributed by atoms with Gasteiger partial charge < -0.3 is 4.90 Å². The van der Waals surface area contributed by atoms with E-state index in [1.165, 1.54) is 65.3 Å². The van der Waals surface area contributed by atoms with Crippen LogP contribution < -0.4 is 4.90 Å². The van der Waals surface area contributed by atoms with Gasteiger partial charge in [0, 0.05) is 17.1 Å². The van der Waals surface area contributed by atoms with Crippen molar-refractivity contribution < 1.29 is 0 Å². The fraction of sp³-hybridized carbons (Fsp3) is 0. The van der Waals surface area contributed by atoms with Crippen LogP contribution in [-0.4, -0.2) is 0 Å². The molecule has 1 nitrogen and oxygen atoms in total. The molecule has 0 N–H and O–H groups in total. The summed E-state index contributed by atoms with van der Waals surface area (Å²) in [5.41, 5.74) is 8.28. The average molecular weight is 598 g/mol. The van der Waals surface area contributed by atoms with Crippen LogP contribution in [-0.2, 0) is 0 Å². The normalized spacial score (nSPS) is 11.4. The highest BCUT2D eigenvalue weighted by atomic mass is 15.1. The molecule has 0 radical (unpaired) electrons. The first-order chi connectivity index (χ1) is 23.3. The van der Waals surface area contributed by atoms with Gasteiger partial charge in [-0.3, -0.25) is 0 Å². The lowest BCUT2D eigenvalue weighted by atomic mass is 9.94. The molecule has 0 spiro atoms. The molecular formula is C46H31N. The van der Waals surface area contributed by atoms with Gasteiger partial charge in [-0.05, 0) is 114 Å². The molecule has 0 atom stereocenters. The van der Waals surface area contributed by atoms with Crippen LogP contribution in [0.25, 0.3) is 65.3 Å². The molecule has 47 heavy (non-hydrogen) atoms. The molecular weight excluding hydrogens is 567 g/mol. The fourth-order valence-electron chi connectivity index (χ4n) is 7.01. The first-order valence-electron chi connectivity index (χ1n) is 16.2. The Morgan fingerprint density at radius 1 is 0.234 bits per heavy atom. The minimum atomic E-state index is 1.13. The van der Waals surface area contributed by atoms with Crippen molar-refractivity contribution in [3.63, 3.8) is 0 Å². The van der Waals surface area contributed by atoms with Crippen LogP contribution in [0.5, 0.6) is 0 Å². The minimum absolute atomic E-state index is 1.13. The Kier molecular flexibility index (Phi) is 6.54. The largest absolute Gasteiger partial charge is 0.310 e. The van der Waals surface area contributed by atoms with Crippen LogP contribution in [0.15, 0.2) is 188 Å². The van der Waals surface area contributed by atoms with Crippen molar-refractivity contribution in [2.24, 2.45) is 0 Å². The van der Waals surface area contributed by atoms with Crippen molar-refractivity contribution in [1.29, 1.82) is 0 Å². The Labute approximate surface area is 274 Å². The topological polar surface area (TPSA) is 3.24 Å². The number of benzene rings is 9. The van der Waals surface area contributed by atoms with E-state index in [0.29, 0.717) is 0 Å². The molecule has 0 unspecified atom stereocenters. The SMILES string of the molecule is c1ccc(-c2ccc(N(c3ccccc3)c3ccc4cc(-c5ccc6ccc7c8ccccc8ccc7c6c5)ccc4c3)cc2)cc1. The second kappa shape index (κ2) is 11.3. The van der Waals surface area contributed by atoms with E-state index in [1.807, 2.05) is 0 Å². The van der Waals surface area contributed by atoms with E-state index in [4.69, 9.17) is 0 Å². The third-order valence-corrected chi connectivity index (χ3v) is 9.41. The third kappa shape index (κ3) is 4.90. The number of nitrogens with zero attached hydrogens (tertiary/aromatic N) is 1. The maximum atomic E-state index is 2.36. The summed E-state index contributed by atoms with van der Waals surface area (Å²) in [6.07, 6.45) is 0. The van der Waals surface area contributed by atoms with E-state index in [0.717, 1.165) is 17.1 Å². The monoisotopic (exact) mass is 597 g/mol. The summed E-state index contributed by atoms with van der Waals surface area (Å²) in [7, 11) is 0. The molecule has 0 heterocycles. The summed E-state index contributed by atoms with van der Waals surface area (Å²) >= 11 is 0. The molecule has 0 aliphatic heterocycles. The second-order valence-electron chi connectivity index (χ2n) is 12.2. The van der Waals surface area contributed by atoms with Crippen molar-refractivity contribution in [3.8, 4) is 22.3 Å². The van der Waals surface area contributed by atoms with Crippen molar-refractivity contribution in [1.82, 2.24) is 0 Å². The second-order valence-corrected chi connectivity index (χ2v) is 12.2. The molecule has 0 aliphatic carbocycles. The Hall–Kier alpha value is -6.18. The first-order valence-corrected chi connectivity index (χ1v) is 16.2. The van der Waals surface area contributed by atoms with Gasteiger partial charge in [-0.2, -0.15) is 0 Å². The van der Waals surface area contributed by atoms with Gasteiger partial charge in [-0.15, -0.1) is 0 Å². The fourth-order valence-corrected chi connectivity index (χ4v) is 7.01. The third-order valence-electron chi connectivity index (χ3n) is 9.41. The minimum Gasteiger partial charge on any atom is -0.310 e. The molecule has 9 aromatic carbocycles. The molecule has 9 aromatic rings. The maximum Gasteiger partial charge on any atom is 0.0468 e. The van der Waals surface area contributed by atoms with Crippen LogP contribution in [0.2, 0.25) is 0 Å². The summed E-state index contributed by atoms with van der Waals surface area (Å²) in [4.78, 5) is 2.33. The summed E-state index contributed by atoms with van der Waals surface area (Å²) in [5.74, 6) is 0. The standard InChI is InChI=1S/C46H31N/c1-3-9-32(10-4-1)33-19-24-41(25-20-33)47(40-12-5-2-6-13-40)42-26-21-37-29-36(17-18-38(37)30-42)39-16-15-35-23-27-44-43-14-8-7-11-34(43)22-28-45(44)46(35)31-39/h1-31H. The van der Waals surface area contributed by atoms with E-state index in [-0.39, 0.29) is 0 Å². The number of hydrogen-bond acceptors (Lipinski definition) is 1. The lowest BCUT2D eigenvalue weighted by molar-refractivity contribution is 1.29. The van der Waals surface area contributed by atoms with Crippen LogP contribution in [0.1, 0.15) is 0 Å². The van der Waals surface area contributed by atoms with Gasteiger partial charge >= 0.3 is 0 Å². The van der Waals surface area contributed by atoms with Gasteiger partial charge in [0.25, 0.3) is 0 Å². The highest BCUT2D eigenvalue weighted by molar-refractivity contribution is 6.17. The Morgan fingerprint density at radius 2 is 0.723 bits per heavy atom. The predicted molar refractivity (Wildman–Crippen MR) is 202 cm³/mol. The number of para-hydroxylation sites is 1. The molecule has 1 heteroatoms. The molecule has 0 saturated carbocycles. The molecule has 0 aliphatic rings. The zero-order valence-corrected chi connectivity index (χ0v) is 25.8. The van der Waals surface area contributed by atoms with Crippen molar-refractivity contribution in [2.45, 2.75) is 0 Å². The highest BCUT2D eigenvalue weighted by Gasteiger charge is 2.14. The number of hydrogen-bond donors (Lipinski definition) is 0. The molecule has 0 fully saturated rings. The Bertz CT molecular complexity index is 2550. The smallest absolute Gasteiger partial charge is 0.0468 e. The number of fused-ring (bicyclic) bond motifs is 6. The Morgan fingerprint density at radius 3 is 1.51 bits per heavy atom. The molecule has 220 valence electrons. The lowest BCUT2D eigenvalue weighted by Gasteiger charge is -2.26. The van der Waals surface area contributed by atoms with Crippen LogP contribution in [0.3, 0.4) is 0 Å². The van der Waals surface area contributed by atoms with Gasteiger partial charge in [0.05, 0.1) is 0 Å². The zero-order valence-electron chi connectivity index (χ0n) is 25.8. The van der Waals surface area contributed by atoms with Crippen LogP contribution >= 0.6 is 0 Å². The first kappa shape index (κ1) is 27.2. The van der Waals surface area contributed by atoms with Crippen LogP contribution in [0, 0.1) is 0 Å². The van der Waals surface area contributed by atoms with Crippen molar-refractivity contribution in [2.75, 3.05) is 4.90 Å². The van der Waals surface area contributed by atoms with Gasteiger partial charge in [0.2, 0.25) is 0 Å². The van der Waals surface area contributed by atoms with Gasteiger partial charge in [0.15, 0.2) is 0 Å². The molecule has 0 amide bonds. The highest BCUT2D eigenvalue weighted by Crippen LogP contribution is 2.38. The summed E-state index contributed by atoms with van der Waals surface area (Å²) in [6, 6.07) is 68.2. The van der Waals surface area contributed by atoms with Gasteiger partial charge in [-0.25, -0.2) is 0 Å². The van der Waals surface area contributed by atoms with Gasteiger partial charge in [-0.1, -0.05) is 140 Å². The summed E-state index contributed by atoms with van der Waals surface area (Å²) < 4.78 is 0. The van der Waals surface area contributed by atoms with E-state index < -0.39 is 0 Å². The van der Waals surface area contributed by atoms with E-state index >= 15 is 0 Å². The van der Waals surface area contributed by atoms with Gasteiger partial charge in [0.1, 0.15) is 0 Å². The number of rotatable bonds is 5. The lowest BCUT2D eigenvalue weighted by Crippen LogP contribution is -2.09. The zero-order chi connectivity index (χ0) is 31.2. The van der Waals surface area contributed by atoms with Crippen molar-refractivity contribution in [3.05, 3.63) is 188 Å². The molecule has 9 rings (SSSR count).